The van der Waals surface area contributed by atoms with Crippen LogP contribution < -0.4 is 0 Å². The molecule has 0 radical (unpaired) electrons. The SMILES string of the molecule is O=[N+]([O-])c1ccc2c(c1)CN=C2C#Cc1ccccc1. The van der Waals surface area contributed by atoms with Crippen molar-refractivity contribution in [3.63, 3.8) is 0 Å². The zero-order valence-corrected chi connectivity index (χ0v) is 10.5. The van der Waals surface area contributed by atoms with Gasteiger partial charge < -0.3 is 0 Å². The van der Waals surface area contributed by atoms with Crippen molar-refractivity contribution in [2.24, 2.45) is 4.99 Å². The maximum absolute atomic E-state index is 10.7. The van der Waals surface area contributed by atoms with Crippen LogP contribution in [0.5, 0.6) is 0 Å². The molecule has 20 heavy (non-hydrogen) atoms. The van der Waals surface area contributed by atoms with Crippen molar-refractivity contribution < 1.29 is 4.92 Å². The third-order valence-electron chi connectivity index (χ3n) is 3.06. The molecule has 1 aliphatic rings. The lowest BCUT2D eigenvalue weighted by Gasteiger charge is -1.97. The van der Waals surface area contributed by atoms with E-state index >= 15 is 0 Å². The standard InChI is InChI=1S/C16H10N2O2/c19-18(20)14-7-8-15-13(10-14)11-17-16(15)9-6-12-4-2-1-3-5-12/h1-5,7-8,10H,11H2. The molecule has 0 saturated carbocycles. The van der Waals surface area contributed by atoms with E-state index in [9.17, 15) is 10.1 Å². The summed E-state index contributed by atoms with van der Waals surface area (Å²) in [4.78, 5) is 14.7. The topological polar surface area (TPSA) is 55.5 Å². The van der Waals surface area contributed by atoms with Crippen LogP contribution in [0, 0.1) is 22.0 Å². The Morgan fingerprint density at radius 3 is 2.65 bits per heavy atom. The Labute approximate surface area is 115 Å². The molecule has 0 saturated heterocycles. The minimum Gasteiger partial charge on any atom is -0.271 e. The van der Waals surface area contributed by atoms with Gasteiger partial charge in [0.05, 0.1) is 11.5 Å². The molecule has 4 nitrogen and oxygen atoms in total. The first kappa shape index (κ1) is 12.1. The molecule has 0 aromatic heterocycles. The quantitative estimate of drug-likeness (QED) is 0.450. The highest BCUT2D eigenvalue weighted by molar-refractivity contribution is 6.15. The summed E-state index contributed by atoms with van der Waals surface area (Å²) in [5, 5.41) is 10.7. The molecule has 2 aromatic rings. The summed E-state index contributed by atoms with van der Waals surface area (Å²) in [6.45, 7) is 0.454. The van der Waals surface area contributed by atoms with E-state index in [0.717, 1.165) is 16.7 Å². The van der Waals surface area contributed by atoms with Gasteiger partial charge in [0, 0.05) is 23.3 Å². The van der Waals surface area contributed by atoms with Crippen LogP contribution in [0.4, 0.5) is 5.69 Å². The number of non-ortho nitro benzene ring substituents is 1. The Bertz CT molecular complexity index is 768. The number of benzene rings is 2. The lowest BCUT2D eigenvalue weighted by Crippen LogP contribution is -1.96. The first-order chi connectivity index (χ1) is 9.74. The Morgan fingerprint density at radius 2 is 1.90 bits per heavy atom. The van der Waals surface area contributed by atoms with Crippen LogP contribution in [-0.4, -0.2) is 10.6 Å². The van der Waals surface area contributed by atoms with E-state index in [-0.39, 0.29) is 5.69 Å². The fourth-order valence-electron chi connectivity index (χ4n) is 2.06. The first-order valence-electron chi connectivity index (χ1n) is 6.13. The molecule has 0 bridgehead atoms. The van der Waals surface area contributed by atoms with Gasteiger partial charge in [0.2, 0.25) is 0 Å². The summed E-state index contributed by atoms with van der Waals surface area (Å²) >= 11 is 0. The van der Waals surface area contributed by atoms with Crippen molar-refractivity contribution in [3.05, 3.63) is 75.3 Å². The molecular weight excluding hydrogens is 252 g/mol. The molecular formula is C16H10N2O2. The normalized spacial score (nSPS) is 12.1. The van der Waals surface area contributed by atoms with Gasteiger partial charge in [-0.05, 0) is 29.7 Å². The monoisotopic (exact) mass is 262 g/mol. The Kier molecular flexibility index (Phi) is 3.02. The molecule has 0 aliphatic carbocycles. The lowest BCUT2D eigenvalue weighted by atomic mass is 10.0. The molecule has 0 unspecified atom stereocenters. The van der Waals surface area contributed by atoms with Gasteiger partial charge in [0.1, 0.15) is 5.71 Å². The molecule has 0 N–H and O–H groups in total. The molecule has 2 aromatic carbocycles. The summed E-state index contributed by atoms with van der Waals surface area (Å²) in [6, 6.07) is 14.4. The summed E-state index contributed by atoms with van der Waals surface area (Å²) in [6.07, 6.45) is 0. The smallest absolute Gasteiger partial charge is 0.269 e. The Hall–Kier alpha value is -2.93. The van der Waals surface area contributed by atoms with Gasteiger partial charge in [0.25, 0.3) is 5.69 Å². The zero-order valence-electron chi connectivity index (χ0n) is 10.5. The van der Waals surface area contributed by atoms with Crippen molar-refractivity contribution in [1.29, 1.82) is 0 Å². The largest absolute Gasteiger partial charge is 0.271 e. The highest BCUT2D eigenvalue weighted by Crippen LogP contribution is 2.23. The van der Waals surface area contributed by atoms with E-state index in [1.165, 1.54) is 6.07 Å². The zero-order chi connectivity index (χ0) is 13.9. The molecule has 1 aliphatic heterocycles. The number of fused-ring (bicyclic) bond motifs is 1. The van der Waals surface area contributed by atoms with Crippen LogP contribution in [0.3, 0.4) is 0 Å². The minimum absolute atomic E-state index is 0.0937. The highest BCUT2D eigenvalue weighted by Gasteiger charge is 2.17. The predicted octanol–water partition coefficient (Wildman–Crippen LogP) is 2.95. The Morgan fingerprint density at radius 1 is 1.10 bits per heavy atom. The van der Waals surface area contributed by atoms with Gasteiger partial charge in [-0.1, -0.05) is 24.1 Å². The van der Waals surface area contributed by atoms with E-state index in [4.69, 9.17) is 0 Å². The summed E-state index contributed by atoms with van der Waals surface area (Å²) in [5.74, 6) is 6.08. The number of nitro groups is 1. The molecule has 4 heteroatoms. The van der Waals surface area contributed by atoms with Gasteiger partial charge in [-0.15, -0.1) is 0 Å². The van der Waals surface area contributed by atoms with Crippen LogP contribution in [-0.2, 0) is 6.54 Å². The highest BCUT2D eigenvalue weighted by atomic mass is 16.6. The van der Waals surface area contributed by atoms with Gasteiger partial charge in [0.15, 0.2) is 0 Å². The Balaban J connectivity index is 1.90. The second-order valence-corrected chi connectivity index (χ2v) is 4.38. The van der Waals surface area contributed by atoms with Crippen LogP contribution in [0.15, 0.2) is 53.5 Å². The van der Waals surface area contributed by atoms with E-state index in [0.29, 0.717) is 12.3 Å². The maximum Gasteiger partial charge on any atom is 0.269 e. The van der Waals surface area contributed by atoms with E-state index in [1.807, 2.05) is 30.3 Å². The van der Waals surface area contributed by atoms with Crippen LogP contribution in [0.1, 0.15) is 16.7 Å². The summed E-state index contributed by atoms with van der Waals surface area (Å²) in [5.41, 5.74) is 3.45. The van der Waals surface area contributed by atoms with Crippen molar-refractivity contribution in [2.45, 2.75) is 6.54 Å². The molecule has 96 valence electrons. The molecule has 0 fully saturated rings. The van der Waals surface area contributed by atoms with Crippen LogP contribution in [0.2, 0.25) is 0 Å². The van der Waals surface area contributed by atoms with E-state index in [2.05, 4.69) is 16.8 Å². The summed E-state index contributed by atoms with van der Waals surface area (Å²) < 4.78 is 0. The predicted molar refractivity (Wildman–Crippen MR) is 76.7 cm³/mol. The van der Waals surface area contributed by atoms with Gasteiger partial charge in [-0.2, -0.15) is 0 Å². The molecule has 0 atom stereocenters. The molecule has 1 heterocycles. The molecule has 0 amide bonds. The number of hydrogen-bond donors (Lipinski definition) is 0. The first-order valence-corrected chi connectivity index (χ1v) is 6.13. The second-order valence-electron chi connectivity index (χ2n) is 4.38. The minimum atomic E-state index is -0.395. The van der Waals surface area contributed by atoms with Gasteiger partial charge >= 0.3 is 0 Å². The maximum atomic E-state index is 10.7. The van der Waals surface area contributed by atoms with E-state index < -0.39 is 4.92 Å². The fraction of sp³-hybridized carbons (Fsp3) is 0.0625. The third-order valence-corrected chi connectivity index (χ3v) is 3.06. The average Bonchev–Trinajstić information content (AvgIpc) is 2.88. The lowest BCUT2D eigenvalue weighted by molar-refractivity contribution is -0.384. The van der Waals surface area contributed by atoms with Crippen molar-refractivity contribution in [1.82, 2.24) is 0 Å². The van der Waals surface area contributed by atoms with Gasteiger partial charge in [-0.25, -0.2) is 0 Å². The van der Waals surface area contributed by atoms with Crippen LogP contribution in [0.25, 0.3) is 0 Å². The number of rotatable bonds is 1. The molecule has 0 spiro atoms. The van der Waals surface area contributed by atoms with Gasteiger partial charge in [-0.3, -0.25) is 15.1 Å². The number of aliphatic imine (C=N–C) groups is 1. The second kappa shape index (κ2) is 4.98. The number of nitrogens with zero attached hydrogens (tertiary/aromatic N) is 2. The molecule has 3 rings (SSSR count). The van der Waals surface area contributed by atoms with Crippen LogP contribution >= 0.6 is 0 Å². The summed E-state index contributed by atoms with van der Waals surface area (Å²) in [7, 11) is 0. The fourth-order valence-corrected chi connectivity index (χ4v) is 2.06. The van der Waals surface area contributed by atoms with E-state index in [1.54, 1.807) is 12.1 Å². The number of nitro benzene ring substituents is 1. The number of hydrogen-bond acceptors (Lipinski definition) is 3. The van der Waals surface area contributed by atoms with Crippen molar-refractivity contribution >= 4 is 11.4 Å². The van der Waals surface area contributed by atoms with Crippen molar-refractivity contribution in [3.8, 4) is 11.8 Å². The average molecular weight is 262 g/mol. The van der Waals surface area contributed by atoms with Crippen molar-refractivity contribution in [2.75, 3.05) is 0 Å². The third kappa shape index (κ3) is 2.29.